The summed E-state index contributed by atoms with van der Waals surface area (Å²) in [4.78, 5) is 0. The van der Waals surface area contributed by atoms with Gasteiger partial charge in [-0.1, -0.05) is 12.7 Å². The number of aliphatic hydroxyl groups is 5. The van der Waals surface area contributed by atoms with E-state index in [4.69, 9.17) is 14.6 Å². The molecule has 0 radical (unpaired) electrons. The van der Waals surface area contributed by atoms with E-state index in [1.165, 1.54) is 18.2 Å². The van der Waals surface area contributed by atoms with Crippen molar-refractivity contribution in [3.63, 3.8) is 0 Å². The monoisotopic (exact) mass is 288 g/mol. The normalized spacial score (nSPS) is 35.8. The van der Waals surface area contributed by atoms with Gasteiger partial charge in [-0.25, -0.2) is 0 Å². The molecule has 7 heteroatoms. The van der Waals surface area contributed by atoms with Crippen molar-refractivity contribution in [3.8, 4) is 0 Å². The minimum absolute atomic E-state index is 0.0215. The predicted molar refractivity (Wildman–Crippen MR) is 69.5 cm³/mol. The van der Waals surface area contributed by atoms with Gasteiger partial charge in [0.15, 0.2) is 11.5 Å². The maximum absolute atomic E-state index is 9.80. The lowest BCUT2D eigenvalue weighted by Crippen LogP contribution is -2.59. The second kappa shape index (κ2) is 7.41. The number of ether oxygens (including phenoxy) is 2. The molecule has 0 spiro atoms. The summed E-state index contributed by atoms with van der Waals surface area (Å²) >= 11 is 0. The molecule has 7 nitrogen and oxygen atoms in total. The third-order valence-electron chi connectivity index (χ3n) is 2.89. The van der Waals surface area contributed by atoms with Crippen molar-refractivity contribution >= 4 is 0 Å². The van der Waals surface area contributed by atoms with Crippen molar-refractivity contribution in [2.75, 3.05) is 6.61 Å². The van der Waals surface area contributed by atoms with Gasteiger partial charge < -0.3 is 35.0 Å². The maximum atomic E-state index is 9.80. The average Bonchev–Trinajstić information content (AvgIpc) is 2.46. The van der Waals surface area contributed by atoms with E-state index >= 15 is 0 Å². The Labute approximate surface area is 116 Å². The van der Waals surface area contributed by atoms with E-state index in [1.54, 1.807) is 6.92 Å². The lowest BCUT2D eigenvalue weighted by Gasteiger charge is -2.39. The molecular formula is C13H20O7. The summed E-state index contributed by atoms with van der Waals surface area (Å²) in [6.45, 7) is 4.48. The first-order valence-corrected chi connectivity index (χ1v) is 6.11. The first-order valence-electron chi connectivity index (χ1n) is 6.11. The number of allylic oxidation sites excluding steroid dienone is 3. The van der Waals surface area contributed by atoms with E-state index in [9.17, 15) is 20.4 Å². The Morgan fingerprint density at radius 1 is 1.25 bits per heavy atom. The van der Waals surface area contributed by atoms with E-state index in [1.807, 2.05) is 0 Å². The summed E-state index contributed by atoms with van der Waals surface area (Å²) in [6.07, 6.45) is -2.89. The minimum Gasteiger partial charge on any atom is -0.504 e. The van der Waals surface area contributed by atoms with Crippen LogP contribution in [0.15, 0.2) is 36.3 Å². The topological polar surface area (TPSA) is 120 Å². The Kier molecular flexibility index (Phi) is 6.18. The fourth-order valence-corrected chi connectivity index (χ4v) is 1.72. The summed E-state index contributed by atoms with van der Waals surface area (Å²) in [6, 6.07) is 0. The van der Waals surface area contributed by atoms with Crippen LogP contribution < -0.4 is 0 Å². The van der Waals surface area contributed by atoms with Gasteiger partial charge in [-0.05, 0) is 19.1 Å². The number of aliphatic hydroxyl groups excluding tert-OH is 5. The molecule has 0 bridgehead atoms. The fraction of sp³-hybridized carbons (Fsp3) is 0.538. The molecule has 5 atom stereocenters. The molecular weight excluding hydrogens is 268 g/mol. The van der Waals surface area contributed by atoms with Crippen LogP contribution in [-0.4, -0.2) is 62.8 Å². The zero-order valence-corrected chi connectivity index (χ0v) is 11.1. The van der Waals surface area contributed by atoms with Crippen LogP contribution in [0.4, 0.5) is 0 Å². The van der Waals surface area contributed by atoms with Crippen LogP contribution in [0, 0.1) is 0 Å². The molecule has 1 fully saturated rings. The molecule has 1 heterocycles. The van der Waals surface area contributed by atoms with E-state index in [-0.39, 0.29) is 11.5 Å². The molecule has 0 unspecified atom stereocenters. The van der Waals surface area contributed by atoms with Crippen LogP contribution in [0.2, 0.25) is 0 Å². The highest BCUT2D eigenvalue weighted by molar-refractivity contribution is 5.22. The lowest BCUT2D eigenvalue weighted by molar-refractivity contribution is -0.291. The van der Waals surface area contributed by atoms with Gasteiger partial charge in [0, 0.05) is 0 Å². The van der Waals surface area contributed by atoms with Crippen LogP contribution in [0.25, 0.3) is 0 Å². The van der Waals surface area contributed by atoms with Gasteiger partial charge in [0.25, 0.3) is 0 Å². The SMILES string of the molecule is C=C/C=C(O[C@@H]1O[C@H](CO)[C@@H](O)[C@H](O)[C@H]1O)\C(O)=C/C. The van der Waals surface area contributed by atoms with Gasteiger partial charge in [0.2, 0.25) is 6.29 Å². The summed E-state index contributed by atoms with van der Waals surface area (Å²) in [5.41, 5.74) is 0. The zero-order chi connectivity index (χ0) is 15.3. The predicted octanol–water partition coefficient (Wildman–Crippen LogP) is -0.665. The molecule has 0 aromatic heterocycles. The van der Waals surface area contributed by atoms with Gasteiger partial charge in [-0.2, -0.15) is 0 Å². The summed E-state index contributed by atoms with van der Waals surface area (Å²) < 4.78 is 10.4. The molecule has 1 aliphatic heterocycles. The number of rotatable bonds is 5. The van der Waals surface area contributed by atoms with Crippen molar-refractivity contribution in [1.29, 1.82) is 0 Å². The Hall–Kier alpha value is -1.38. The first kappa shape index (κ1) is 16.7. The van der Waals surface area contributed by atoms with Crippen LogP contribution in [0.5, 0.6) is 0 Å². The highest BCUT2D eigenvalue weighted by Crippen LogP contribution is 2.25. The van der Waals surface area contributed by atoms with Crippen LogP contribution in [-0.2, 0) is 9.47 Å². The lowest BCUT2D eigenvalue weighted by atomic mass is 9.99. The molecule has 0 amide bonds. The first-order chi connectivity index (χ1) is 9.46. The zero-order valence-electron chi connectivity index (χ0n) is 11.1. The number of hydrogen-bond donors (Lipinski definition) is 5. The van der Waals surface area contributed by atoms with E-state index in [2.05, 4.69) is 6.58 Å². The summed E-state index contributed by atoms with van der Waals surface area (Å²) in [7, 11) is 0. The third-order valence-corrected chi connectivity index (χ3v) is 2.89. The van der Waals surface area contributed by atoms with E-state index in [0.717, 1.165) is 0 Å². The molecule has 5 N–H and O–H groups in total. The molecule has 1 aliphatic rings. The largest absolute Gasteiger partial charge is 0.504 e. The van der Waals surface area contributed by atoms with Crippen molar-refractivity contribution in [2.45, 2.75) is 37.6 Å². The van der Waals surface area contributed by atoms with Crippen LogP contribution >= 0.6 is 0 Å². The molecule has 0 aromatic rings. The molecule has 1 saturated heterocycles. The summed E-state index contributed by atoms with van der Waals surface area (Å²) in [5, 5.41) is 47.7. The second-order valence-electron chi connectivity index (χ2n) is 4.26. The molecule has 20 heavy (non-hydrogen) atoms. The van der Waals surface area contributed by atoms with E-state index < -0.39 is 37.3 Å². The van der Waals surface area contributed by atoms with Crippen molar-refractivity contribution < 1.29 is 35.0 Å². The van der Waals surface area contributed by atoms with Crippen molar-refractivity contribution in [3.05, 3.63) is 36.3 Å². The smallest absolute Gasteiger partial charge is 0.229 e. The van der Waals surface area contributed by atoms with Crippen LogP contribution in [0.3, 0.4) is 0 Å². The van der Waals surface area contributed by atoms with Gasteiger partial charge in [-0.3, -0.25) is 0 Å². The maximum Gasteiger partial charge on any atom is 0.229 e. The molecule has 0 saturated carbocycles. The van der Waals surface area contributed by atoms with Gasteiger partial charge in [0.05, 0.1) is 6.61 Å². The molecule has 0 aliphatic carbocycles. The van der Waals surface area contributed by atoms with Crippen molar-refractivity contribution in [2.24, 2.45) is 0 Å². The highest BCUT2D eigenvalue weighted by atomic mass is 16.7. The third kappa shape index (κ3) is 3.59. The Balaban J connectivity index is 2.89. The average molecular weight is 288 g/mol. The molecule has 114 valence electrons. The Bertz CT molecular complexity index is 388. The quantitative estimate of drug-likeness (QED) is 0.336. The molecule has 1 rings (SSSR count). The number of hydrogen-bond acceptors (Lipinski definition) is 7. The van der Waals surface area contributed by atoms with Gasteiger partial charge >= 0.3 is 0 Å². The Morgan fingerprint density at radius 2 is 1.90 bits per heavy atom. The van der Waals surface area contributed by atoms with Crippen molar-refractivity contribution in [1.82, 2.24) is 0 Å². The highest BCUT2D eigenvalue weighted by Gasteiger charge is 2.45. The van der Waals surface area contributed by atoms with E-state index in [0.29, 0.717) is 0 Å². The minimum atomic E-state index is -1.54. The molecule has 0 aromatic carbocycles. The Morgan fingerprint density at radius 3 is 2.40 bits per heavy atom. The second-order valence-corrected chi connectivity index (χ2v) is 4.26. The standard InChI is InChI=1S/C13H20O7/c1-3-5-8(7(15)4-2)19-13-12(18)11(17)10(16)9(6-14)20-13/h3-5,9-18H,1,6H2,2H3/b7-4+,8-5+/t9-,10-,11+,12-,13-/m1/s1. The van der Waals surface area contributed by atoms with Gasteiger partial charge in [-0.15, -0.1) is 0 Å². The van der Waals surface area contributed by atoms with Crippen LogP contribution in [0.1, 0.15) is 6.92 Å². The summed E-state index contributed by atoms with van der Waals surface area (Å²) in [5.74, 6) is -0.228. The van der Waals surface area contributed by atoms with Gasteiger partial charge in [0.1, 0.15) is 24.4 Å². The fourth-order valence-electron chi connectivity index (χ4n) is 1.72.